The summed E-state index contributed by atoms with van der Waals surface area (Å²) in [5, 5.41) is 14.0. The second-order valence-corrected chi connectivity index (χ2v) is 12.5. The molecule has 1 N–H and O–H groups in total. The minimum absolute atomic E-state index is 0.0580. The SMILES string of the molecule is C[C@@H]1Nc2ncnc3c2cc(C2(C#N)CC2)c(=O)n3CCCCCCCCN2CCC(CC2)C(F)(F)c2cccc1c2. The Bertz CT molecular complexity index is 1530. The molecule has 7 nitrogen and oxygen atoms in total. The molecule has 1 aromatic carbocycles. The molecule has 3 aliphatic heterocycles. The highest BCUT2D eigenvalue weighted by Gasteiger charge is 2.47. The van der Waals surface area contributed by atoms with Crippen molar-refractivity contribution in [1.82, 2.24) is 19.4 Å². The fourth-order valence-electron chi connectivity index (χ4n) is 6.78. The summed E-state index contributed by atoms with van der Waals surface area (Å²) in [5.74, 6) is -3.04. The van der Waals surface area contributed by atoms with E-state index in [1.165, 1.54) is 6.33 Å². The number of aromatic nitrogens is 3. The van der Waals surface area contributed by atoms with Crippen LogP contribution < -0.4 is 10.9 Å². The lowest BCUT2D eigenvalue weighted by atomic mass is 9.85. The summed E-state index contributed by atoms with van der Waals surface area (Å²) in [6, 6.07) is 10.6. The Morgan fingerprint density at radius 1 is 0.976 bits per heavy atom. The van der Waals surface area contributed by atoms with Crippen molar-refractivity contribution in [3.05, 3.63) is 63.7 Å². The minimum Gasteiger partial charge on any atom is -0.363 e. The Labute approximate surface area is 246 Å². The van der Waals surface area contributed by atoms with Crippen LogP contribution >= 0.6 is 0 Å². The second-order valence-electron chi connectivity index (χ2n) is 12.5. The number of hydrogen-bond acceptors (Lipinski definition) is 6. The molecule has 4 aliphatic rings. The Hall–Kier alpha value is -3.38. The van der Waals surface area contributed by atoms with Gasteiger partial charge in [0.15, 0.2) is 0 Å². The zero-order valence-corrected chi connectivity index (χ0v) is 24.4. The van der Waals surface area contributed by atoms with Gasteiger partial charge in [-0.2, -0.15) is 5.26 Å². The van der Waals surface area contributed by atoms with Gasteiger partial charge in [0.05, 0.1) is 16.9 Å². The molecular formula is C33H40F2N6O. The molecule has 7 rings (SSSR count). The summed E-state index contributed by atoms with van der Waals surface area (Å²) in [6.45, 7) is 4.87. The van der Waals surface area contributed by atoms with Crippen LogP contribution in [0.5, 0.6) is 0 Å². The molecule has 1 atom stereocenters. The first kappa shape index (κ1) is 28.7. The average molecular weight is 575 g/mol. The van der Waals surface area contributed by atoms with Gasteiger partial charge >= 0.3 is 0 Å². The van der Waals surface area contributed by atoms with Gasteiger partial charge in [-0.1, -0.05) is 43.9 Å². The highest BCUT2D eigenvalue weighted by Crippen LogP contribution is 2.47. The molecule has 0 unspecified atom stereocenters. The van der Waals surface area contributed by atoms with Crippen molar-refractivity contribution in [3.63, 3.8) is 0 Å². The maximum atomic E-state index is 15.8. The number of nitrogens with zero attached hydrogens (tertiary/aromatic N) is 5. The number of fused-ring (bicyclic) bond motifs is 10. The van der Waals surface area contributed by atoms with E-state index in [1.807, 2.05) is 13.0 Å². The monoisotopic (exact) mass is 574 g/mol. The Morgan fingerprint density at radius 2 is 1.69 bits per heavy atom. The summed E-state index contributed by atoms with van der Waals surface area (Å²) >= 11 is 0. The van der Waals surface area contributed by atoms with E-state index in [0.717, 1.165) is 63.7 Å². The molecule has 42 heavy (non-hydrogen) atoms. The van der Waals surface area contributed by atoms with Crippen LogP contribution in [0.25, 0.3) is 11.0 Å². The van der Waals surface area contributed by atoms with Crippen molar-refractivity contribution >= 4 is 16.9 Å². The molecule has 0 radical (unpaired) electrons. The third-order valence-electron chi connectivity index (χ3n) is 9.69. The third-order valence-corrected chi connectivity index (χ3v) is 9.69. The van der Waals surface area contributed by atoms with Crippen molar-refractivity contribution in [1.29, 1.82) is 5.26 Å². The Morgan fingerprint density at radius 3 is 2.40 bits per heavy atom. The van der Waals surface area contributed by atoms with Crippen LogP contribution in [0.2, 0.25) is 0 Å². The predicted molar refractivity (Wildman–Crippen MR) is 160 cm³/mol. The maximum Gasteiger partial charge on any atom is 0.276 e. The number of nitrogens with one attached hydrogen (secondary N) is 1. The molecule has 0 spiro atoms. The number of pyridine rings is 1. The van der Waals surface area contributed by atoms with Gasteiger partial charge in [0, 0.05) is 29.6 Å². The van der Waals surface area contributed by atoms with E-state index in [4.69, 9.17) is 0 Å². The topological polar surface area (TPSA) is 86.8 Å². The van der Waals surface area contributed by atoms with Crippen molar-refractivity contribution in [2.75, 3.05) is 25.0 Å². The van der Waals surface area contributed by atoms with E-state index < -0.39 is 17.3 Å². The van der Waals surface area contributed by atoms with E-state index in [1.54, 1.807) is 28.8 Å². The molecule has 9 heteroatoms. The van der Waals surface area contributed by atoms with Crippen LogP contribution in [-0.2, 0) is 17.9 Å². The van der Waals surface area contributed by atoms with Crippen LogP contribution in [0.4, 0.5) is 14.6 Å². The van der Waals surface area contributed by atoms with Gasteiger partial charge in [-0.15, -0.1) is 0 Å². The quantitative estimate of drug-likeness (QED) is 0.349. The molecule has 2 aromatic heterocycles. The number of nitriles is 1. The average Bonchev–Trinajstić information content (AvgIpc) is 3.80. The van der Waals surface area contributed by atoms with Crippen molar-refractivity contribution in [3.8, 4) is 6.07 Å². The largest absolute Gasteiger partial charge is 0.363 e. The van der Waals surface area contributed by atoms with Crippen molar-refractivity contribution in [2.45, 2.75) is 95.1 Å². The zero-order chi connectivity index (χ0) is 29.3. The number of hydrogen-bond donors (Lipinski definition) is 1. The maximum absolute atomic E-state index is 15.8. The lowest BCUT2D eigenvalue weighted by Gasteiger charge is -2.36. The van der Waals surface area contributed by atoms with E-state index in [0.29, 0.717) is 54.6 Å². The van der Waals surface area contributed by atoms with Crippen LogP contribution in [0, 0.1) is 17.2 Å². The first-order valence-corrected chi connectivity index (χ1v) is 15.6. The number of piperidine rings is 1. The summed E-state index contributed by atoms with van der Waals surface area (Å²) in [5.41, 5.74) is 0.934. The lowest BCUT2D eigenvalue weighted by Crippen LogP contribution is -2.40. The van der Waals surface area contributed by atoms with Crippen LogP contribution in [0.15, 0.2) is 41.5 Å². The van der Waals surface area contributed by atoms with Crippen LogP contribution in [-0.4, -0.2) is 39.1 Å². The van der Waals surface area contributed by atoms with E-state index in [2.05, 4.69) is 26.3 Å². The van der Waals surface area contributed by atoms with Gasteiger partial charge in [-0.05, 0) is 82.8 Å². The smallest absolute Gasteiger partial charge is 0.276 e. The van der Waals surface area contributed by atoms with Crippen molar-refractivity contribution < 1.29 is 8.78 Å². The summed E-state index contributed by atoms with van der Waals surface area (Å²) in [7, 11) is 0. The highest BCUT2D eigenvalue weighted by atomic mass is 19.3. The minimum atomic E-state index is -2.90. The van der Waals surface area contributed by atoms with Crippen LogP contribution in [0.1, 0.15) is 93.9 Å². The van der Waals surface area contributed by atoms with Gasteiger partial charge < -0.3 is 10.2 Å². The summed E-state index contributed by atoms with van der Waals surface area (Å²) in [4.78, 5) is 25.1. The molecule has 3 aromatic rings. The Balaban J connectivity index is 1.38. The summed E-state index contributed by atoms with van der Waals surface area (Å²) < 4.78 is 33.3. The summed E-state index contributed by atoms with van der Waals surface area (Å²) in [6.07, 6.45) is 10.0. The molecular weight excluding hydrogens is 534 g/mol. The standard InChI is InChI=1S/C33H40F2N6O/c1-23-24-9-8-10-26(19-24)33(34,35)25-11-17-40(18-12-25)15-6-4-2-3-5-7-16-41-30-27(29(39-23)37-22-38-30)20-28(31(41)42)32(21-36)13-14-32/h8-10,19-20,22-23,25H,2-7,11-18H2,1H3,(H,37,38,39)/t23-/m0/s1. The number of halogens is 2. The second kappa shape index (κ2) is 11.7. The first-order valence-electron chi connectivity index (χ1n) is 15.6. The molecule has 222 valence electrons. The molecule has 1 aliphatic carbocycles. The van der Waals surface area contributed by atoms with E-state index in [-0.39, 0.29) is 17.2 Å². The van der Waals surface area contributed by atoms with Gasteiger partial charge in [-0.3, -0.25) is 9.36 Å². The van der Waals surface area contributed by atoms with Crippen LogP contribution in [0.3, 0.4) is 0 Å². The number of alkyl halides is 2. The molecule has 0 amide bonds. The molecule has 8 bridgehead atoms. The van der Waals surface area contributed by atoms with Crippen molar-refractivity contribution in [2.24, 2.45) is 5.92 Å². The number of rotatable bonds is 1. The predicted octanol–water partition coefficient (Wildman–Crippen LogP) is 6.68. The lowest BCUT2D eigenvalue weighted by molar-refractivity contribution is -0.0855. The van der Waals surface area contributed by atoms with E-state index in [9.17, 15) is 10.1 Å². The van der Waals surface area contributed by atoms with Gasteiger partial charge in [0.2, 0.25) is 0 Å². The molecule has 2 fully saturated rings. The molecule has 1 saturated heterocycles. The third kappa shape index (κ3) is 5.54. The number of aryl methyl sites for hydroxylation is 1. The van der Waals surface area contributed by atoms with Gasteiger partial charge in [0.1, 0.15) is 17.8 Å². The van der Waals surface area contributed by atoms with Gasteiger partial charge in [0.25, 0.3) is 11.5 Å². The normalized spacial score (nSPS) is 26.0. The highest BCUT2D eigenvalue weighted by molar-refractivity contribution is 5.87. The number of benzene rings is 1. The zero-order valence-electron chi connectivity index (χ0n) is 24.4. The molecule has 1 saturated carbocycles. The first-order chi connectivity index (χ1) is 20.3. The Kier molecular flexibility index (Phi) is 8.01. The van der Waals surface area contributed by atoms with Gasteiger partial charge in [-0.25, -0.2) is 18.7 Å². The molecule has 5 heterocycles. The van der Waals surface area contributed by atoms with E-state index >= 15 is 8.78 Å². The number of anilines is 1. The fourth-order valence-corrected chi connectivity index (χ4v) is 6.78. The fraction of sp³-hybridized carbons (Fsp3) is 0.576.